The second-order valence-corrected chi connectivity index (χ2v) is 18.3. The molecule has 4 aliphatic heterocycles. The Morgan fingerprint density at radius 2 is 1.56 bits per heavy atom. The maximum atomic E-state index is 13.4. The van der Waals surface area contributed by atoms with Gasteiger partial charge in [0.15, 0.2) is 11.9 Å². The zero-order valence-corrected chi connectivity index (χ0v) is 38.5. The third-order valence-electron chi connectivity index (χ3n) is 12.4. The molecule has 4 N–H and O–H groups in total. The molecular formula is C47H68O17. The second kappa shape index (κ2) is 22.3. The van der Waals surface area contributed by atoms with Crippen molar-refractivity contribution in [2.75, 3.05) is 14.2 Å². The van der Waals surface area contributed by atoms with Crippen LogP contribution in [0.15, 0.2) is 59.8 Å². The van der Waals surface area contributed by atoms with Crippen LogP contribution in [0, 0.1) is 10.8 Å². The monoisotopic (exact) mass is 904 g/mol. The molecule has 1 unspecified atom stereocenters. The lowest BCUT2D eigenvalue weighted by atomic mass is 9.70. The molecule has 17 nitrogen and oxygen atoms in total. The highest BCUT2D eigenvalue weighted by molar-refractivity contribution is 5.85. The van der Waals surface area contributed by atoms with Gasteiger partial charge in [0.2, 0.25) is 5.79 Å². The van der Waals surface area contributed by atoms with Gasteiger partial charge in [-0.25, -0.2) is 14.4 Å². The van der Waals surface area contributed by atoms with Gasteiger partial charge in [-0.1, -0.05) is 77.0 Å². The zero-order valence-electron chi connectivity index (χ0n) is 38.5. The third kappa shape index (κ3) is 13.4. The number of rotatable bonds is 9. The fraction of sp³-hybridized carbons (Fsp3) is 0.681. The van der Waals surface area contributed by atoms with Crippen molar-refractivity contribution >= 4 is 29.8 Å². The minimum atomic E-state index is -2.47. The van der Waals surface area contributed by atoms with Crippen molar-refractivity contribution < 1.29 is 82.3 Å². The van der Waals surface area contributed by atoms with E-state index in [9.17, 15) is 44.4 Å². The molecule has 0 aromatic rings. The van der Waals surface area contributed by atoms with E-state index in [2.05, 4.69) is 0 Å². The van der Waals surface area contributed by atoms with Crippen LogP contribution in [0.25, 0.3) is 0 Å². The van der Waals surface area contributed by atoms with Gasteiger partial charge in [0.05, 0.1) is 62.7 Å². The molecule has 4 heterocycles. The molecular weight excluding hydrogens is 836 g/mol. The maximum absolute atomic E-state index is 13.4. The van der Waals surface area contributed by atoms with Gasteiger partial charge in [0, 0.05) is 56.3 Å². The fourth-order valence-corrected chi connectivity index (χ4v) is 8.57. The predicted molar refractivity (Wildman–Crippen MR) is 228 cm³/mol. The molecule has 3 saturated heterocycles. The minimum absolute atomic E-state index is 0.0721. The van der Waals surface area contributed by atoms with E-state index in [1.807, 2.05) is 13.0 Å². The first kappa shape index (κ1) is 52.4. The number of aliphatic hydroxyl groups excluding tert-OH is 2. The number of aliphatic hydroxyl groups is 4. The van der Waals surface area contributed by atoms with Gasteiger partial charge in [-0.2, -0.15) is 0 Å². The summed E-state index contributed by atoms with van der Waals surface area (Å²) in [5.74, 6) is -8.31. The summed E-state index contributed by atoms with van der Waals surface area (Å²) in [6.45, 7) is 11.2. The van der Waals surface area contributed by atoms with Crippen LogP contribution in [-0.4, -0.2) is 131 Å². The molecule has 358 valence electrons. The van der Waals surface area contributed by atoms with Gasteiger partial charge in [0.25, 0.3) is 0 Å². The van der Waals surface area contributed by atoms with Crippen LogP contribution in [-0.2, 0) is 61.9 Å². The molecule has 0 aliphatic carbocycles. The largest absolute Gasteiger partial charge is 0.466 e. The Bertz CT molecular complexity index is 1830. The summed E-state index contributed by atoms with van der Waals surface area (Å²) in [5, 5.41) is 47.5. The standard InChI is InChI=1S/C47H68O17/c1-10-11-12-13-14-15-39(51)62-43-31(22-41(53)58-9)21-34-25-37(28(2)48)61-42(54)24-32(50)23-35-26-38(59-29(3)49)45(6,7)46(55,63-35)27-36-19-30(20-40(52)57-8)18-33(60-36)16-17-44(4,5)47(43,56)64-34/h12-17,20,22,28,32-38,43,48,50,55-56H,10-11,18-19,21,23-27H2,1-9H3/t28-,32-,33+,34+,35-,36+,37-,38+,43+,46+,47?/m1/s1. The Labute approximate surface area is 375 Å². The summed E-state index contributed by atoms with van der Waals surface area (Å²) in [6, 6.07) is 0. The number of hydrogen-bond acceptors (Lipinski definition) is 17. The molecule has 17 heteroatoms. The van der Waals surface area contributed by atoms with Crippen LogP contribution in [0.2, 0.25) is 0 Å². The normalized spacial score (nSPS) is 35.3. The van der Waals surface area contributed by atoms with E-state index in [4.69, 9.17) is 37.9 Å². The Morgan fingerprint density at radius 1 is 0.875 bits per heavy atom. The fourth-order valence-electron chi connectivity index (χ4n) is 8.57. The Balaban J connectivity index is 1.89. The molecule has 0 radical (unpaired) electrons. The number of ether oxygens (including phenoxy) is 8. The van der Waals surface area contributed by atoms with Crippen molar-refractivity contribution in [2.45, 2.75) is 179 Å². The van der Waals surface area contributed by atoms with Gasteiger partial charge in [-0.15, -0.1) is 0 Å². The molecule has 11 atom stereocenters. The smallest absolute Gasteiger partial charge is 0.331 e. The number of hydrogen-bond donors (Lipinski definition) is 4. The van der Waals surface area contributed by atoms with Crippen LogP contribution < -0.4 is 0 Å². The first-order chi connectivity index (χ1) is 29.9. The lowest BCUT2D eigenvalue weighted by Crippen LogP contribution is -2.62. The van der Waals surface area contributed by atoms with Crippen LogP contribution in [0.3, 0.4) is 0 Å². The molecule has 3 fully saturated rings. The SMILES string of the molecule is CCCC=CC=CC(=O)O[C@H]1C(=CC(=O)OC)C[C@H]2C[C@H]([C@@H](C)O)OC(=O)C[C@H](O)C[C@@H]3C[C@H](OC(C)=O)C(C)(C)[C@](O)(C[C@@H]4CC(=CC(=O)OC)C[C@H](C=CC(C)(C)C1(O)O2)O4)O3. The Hall–Kier alpha value is -4.23. The van der Waals surface area contributed by atoms with E-state index in [0.29, 0.717) is 5.57 Å². The number of unbranched alkanes of at least 4 members (excludes halogenated alkanes) is 1. The van der Waals surface area contributed by atoms with Crippen molar-refractivity contribution in [3.05, 3.63) is 59.8 Å². The van der Waals surface area contributed by atoms with Crippen molar-refractivity contribution in [3.63, 3.8) is 0 Å². The van der Waals surface area contributed by atoms with E-state index in [1.165, 1.54) is 33.1 Å². The molecule has 0 saturated carbocycles. The number of cyclic esters (lactones) is 1. The molecule has 4 aliphatic rings. The molecule has 6 bridgehead atoms. The Kier molecular flexibility index (Phi) is 18.3. The second-order valence-electron chi connectivity index (χ2n) is 18.3. The van der Waals surface area contributed by atoms with Crippen molar-refractivity contribution in [2.24, 2.45) is 10.8 Å². The highest BCUT2D eigenvalue weighted by Crippen LogP contribution is 2.50. The van der Waals surface area contributed by atoms with Crippen LogP contribution >= 0.6 is 0 Å². The number of carbonyl (C=O) groups is 5. The number of carbonyl (C=O) groups excluding carboxylic acids is 5. The summed E-state index contributed by atoms with van der Waals surface area (Å²) < 4.78 is 46.7. The van der Waals surface area contributed by atoms with Gasteiger partial charge in [-0.05, 0) is 38.2 Å². The quantitative estimate of drug-likeness (QED) is 0.0830. The summed E-state index contributed by atoms with van der Waals surface area (Å²) >= 11 is 0. The van der Waals surface area contributed by atoms with E-state index in [1.54, 1.807) is 45.9 Å². The molecule has 0 amide bonds. The molecule has 0 spiro atoms. The number of allylic oxidation sites excluding steroid dienone is 3. The highest BCUT2D eigenvalue weighted by atomic mass is 16.7. The molecule has 4 rings (SSSR count). The van der Waals surface area contributed by atoms with Crippen molar-refractivity contribution in [1.82, 2.24) is 0 Å². The van der Waals surface area contributed by atoms with Crippen molar-refractivity contribution in [3.8, 4) is 0 Å². The summed E-state index contributed by atoms with van der Waals surface area (Å²) in [6.07, 6.45) is 2.55. The van der Waals surface area contributed by atoms with E-state index in [0.717, 1.165) is 32.1 Å². The lowest BCUT2D eigenvalue weighted by molar-refractivity contribution is -0.348. The van der Waals surface area contributed by atoms with E-state index >= 15 is 0 Å². The summed E-state index contributed by atoms with van der Waals surface area (Å²) in [7, 11) is 2.40. The van der Waals surface area contributed by atoms with E-state index < -0.39 is 114 Å². The topological polar surface area (TPSA) is 240 Å². The first-order valence-corrected chi connectivity index (χ1v) is 21.9. The zero-order chi connectivity index (χ0) is 47.6. The average molecular weight is 905 g/mol. The number of esters is 5. The lowest BCUT2D eigenvalue weighted by Gasteiger charge is -2.53. The maximum Gasteiger partial charge on any atom is 0.331 e. The molecule has 0 aromatic heterocycles. The summed E-state index contributed by atoms with van der Waals surface area (Å²) in [4.78, 5) is 64.7. The van der Waals surface area contributed by atoms with Gasteiger partial charge in [0.1, 0.15) is 12.2 Å². The molecule has 0 aromatic carbocycles. The minimum Gasteiger partial charge on any atom is -0.466 e. The summed E-state index contributed by atoms with van der Waals surface area (Å²) in [5.41, 5.74) is -2.06. The van der Waals surface area contributed by atoms with Crippen LogP contribution in [0.4, 0.5) is 0 Å². The number of fused-ring (bicyclic) bond motifs is 6. The Morgan fingerprint density at radius 3 is 2.20 bits per heavy atom. The van der Waals surface area contributed by atoms with Gasteiger partial charge < -0.3 is 58.3 Å². The van der Waals surface area contributed by atoms with Gasteiger partial charge in [-0.3, -0.25) is 9.59 Å². The number of methoxy groups -OCH3 is 2. The van der Waals surface area contributed by atoms with Gasteiger partial charge >= 0.3 is 29.8 Å². The average Bonchev–Trinajstić information content (AvgIpc) is 3.19. The first-order valence-electron chi connectivity index (χ1n) is 21.9. The third-order valence-corrected chi connectivity index (χ3v) is 12.4. The van der Waals surface area contributed by atoms with Crippen molar-refractivity contribution in [1.29, 1.82) is 0 Å². The highest BCUT2D eigenvalue weighted by Gasteiger charge is 2.59. The van der Waals surface area contributed by atoms with Crippen LogP contribution in [0.1, 0.15) is 113 Å². The molecule has 64 heavy (non-hydrogen) atoms. The predicted octanol–water partition coefficient (Wildman–Crippen LogP) is 4.28. The van der Waals surface area contributed by atoms with E-state index in [-0.39, 0.29) is 50.5 Å². The van der Waals surface area contributed by atoms with Crippen LogP contribution in [0.5, 0.6) is 0 Å².